The van der Waals surface area contributed by atoms with Crippen molar-refractivity contribution in [1.82, 2.24) is 9.80 Å². The van der Waals surface area contributed by atoms with Gasteiger partial charge in [0.25, 0.3) is 0 Å². The zero-order valence-electron chi connectivity index (χ0n) is 26.8. The Morgan fingerprint density at radius 1 is 1.20 bits per heavy atom. The van der Waals surface area contributed by atoms with E-state index in [9.17, 15) is 19.5 Å². The molecule has 2 fully saturated rings. The van der Waals surface area contributed by atoms with Crippen molar-refractivity contribution < 1.29 is 33.7 Å². The van der Waals surface area contributed by atoms with Gasteiger partial charge in [-0.3, -0.25) is 19.3 Å². The first-order chi connectivity index (χ1) is 21.5. The molecule has 3 heterocycles. The number of hydrogen-bond acceptors (Lipinski definition) is 8. The molecule has 2 aromatic rings. The van der Waals surface area contributed by atoms with Gasteiger partial charge >= 0.3 is 5.97 Å². The fourth-order valence-corrected chi connectivity index (χ4v) is 7.05. The number of nitrogens with zero attached hydrogens (tertiary/aromatic N) is 3. The Morgan fingerprint density at radius 3 is 2.67 bits per heavy atom. The minimum absolute atomic E-state index is 0.0443. The van der Waals surface area contributed by atoms with Crippen molar-refractivity contribution in [2.75, 3.05) is 51.5 Å². The molecular formula is C34H46N4O7. The zero-order chi connectivity index (χ0) is 32.3. The Morgan fingerprint density at radius 2 is 2.00 bits per heavy atom. The molecule has 0 spiro atoms. The molecule has 2 aromatic carbocycles. The van der Waals surface area contributed by atoms with Gasteiger partial charge in [0.1, 0.15) is 0 Å². The molecule has 2 saturated heterocycles. The zero-order valence-corrected chi connectivity index (χ0v) is 26.8. The highest BCUT2D eigenvalue weighted by Gasteiger charge is 2.48. The summed E-state index contributed by atoms with van der Waals surface area (Å²) in [5.74, 6) is -0.749. The summed E-state index contributed by atoms with van der Waals surface area (Å²) in [6.45, 7) is 8.63. The molecule has 0 radical (unpaired) electrons. The van der Waals surface area contributed by atoms with E-state index in [0.29, 0.717) is 62.8 Å². The number of methoxy groups -OCH3 is 1. The Kier molecular flexibility index (Phi) is 9.88. The maximum atomic E-state index is 14.1. The first kappa shape index (κ1) is 32.6. The maximum Gasteiger partial charge on any atom is 0.308 e. The topological polar surface area (TPSA) is 135 Å². The van der Waals surface area contributed by atoms with Crippen LogP contribution in [0.1, 0.15) is 63.5 Å². The summed E-state index contributed by atoms with van der Waals surface area (Å²) in [7, 11) is 1.54. The lowest BCUT2D eigenvalue weighted by Crippen LogP contribution is -2.45. The van der Waals surface area contributed by atoms with E-state index in [2.05, 4.69) is 20.8 Å². The third-order valence-electron chi connectivity index (χ3n) is 9.27. The Hall–Kier alpha value is -3.83. The van der Waals surface area contributed by atoms with Gasteiger partial charge in [0.05, 0.1) is 19.6 Å². The summed E-state index contributed by atoms with van der Waals surface area (Å²) in [5, 5.41) is 10.7. The maximum absolute atomic E-state index is 14.1. The number of amides is 2. The fourth-order valence-electron chi connectivity index (χ4n) is 7.05. The number of carboxylic acids is 1. The van der Waals surface area contributed by atoms with Gasteiger partial charge in [-0.1, -0.05) is 39.3 Å². The fraction of sp³-hybridized carbons (Fsp3) is 0.559. The minimum atomic E-state index is -0.942. The highest BCUT2D eigenvalue weighted by molar-refractivity contribution is 5.95. The molecule has 5 rings (SSSR count). The number of ether oxygens (including phenoxy) is 3. The number of unbranched alkanes of at least 4 members (excludes halogenated alkanes) is 1. The van der Waals surface area contributed by atoms with Crippen LogP contribution in [0.2, 0.25) is 0 Å². The van der Waals surface area contributed by atoms with E-state index in [1.54, 1.807) is 4.90 Å². The third-order valence-corrected chi connectivity index (χ3v) is 9.27. The van der Waals surface area contributed by atoms with Crippen LogP contribution in [0.15, 0.2) is 36.4 Å². The van der Waals surface area contributed by atoms with Crippen LogP contribution in [0.5, 0.6) is 17.2 Å². The second kappa shape index (κ2) is 13.7. The van der Waals surface area contributed by atoms with Crippen molar-refractivity contribution in [2.24, 2.45) is 17.1 Å². The van der Waals surface area contributed by atoms with Crippen LogP contribution in [-0.4, -0.2) is 85.4 Å². The van der Waals surface area contributed by atoms with Crippen molar-refractivity contribution in [2.45, 2.75) is 65.0 Å². The Labute approximate surface area is 265 Å². The minimum Gasteiger partial charge on any atom is -0.493 e. The van der Waals surface area contributed by atoms with E-state index < -0.39 is 23.8 Å². The highest BCUT2D eigenvalue weighted by atomic mass is 16.7. The monoisotopic (exact) mass is 622 g/mol. The summed E-state index contributed by atoms with van der Waals surface area (Å²) >= 11 is 0. The molecule has 11 nitrogen and oxygen atoms in total. The standard InChI is InChI=1S/C34H46N4O7/c1-5-6-11-38(24-9-7-8-22(13-24)17-35)30(40)19-37-18-25(23-14-27(43-4)32-28(15-23)44-21-45-32)31(33(41)42)26(37)10-12-36-20-34(2,3)16-29(36)39/h7-9,13-15,25-26,31H,5-6,10-12,16-21,35H2,1-4H3,(H,41,42)/t25-,26+,31?/m1/s1. The van der Waals surface area contributed by atoms with Gasteiger partial charge in [0.15, 0.2) is 11.5 Å². The summed E-state index contributed by atoms with van der Waals surface area (Å²) in [5.41, 5.74) is 8.24. The number of aliphatic carboxylic acids is 1. The lowest BCUT2D eigenvalue weighted by Gasteiger charge is -2.31. The van der Waals surface area contributed by atoms with Gasteiger partial charge in [0.2, 0.25) is 24.4 Å². The quantitative estimate of drug-likeness (QED) is 0.342. The molecule has 0 saturated carbocycles. The predicted molar refractivity (Wildman–Crippen MR) is 170 cm³/mol. The van der Waals surface area contributed by atoms with Gasteiger partial charge in [0, 0.05) is 56.8 Å². The van der Waals surface area contributed by atoms with Crippen LogP contribution in [0.25, 0.3) is 0 Å². The number of rotatable bonds is 13. The largest absolute Gasteiger partial charge is 0.493 e. The molecule has 244 valence electrons. The van der Waals surface area contributed by atoms with Crippen molar-refractivity contribution in [1.29, 1.82) is 0 Å². The van der Waals surface area contributed by atoms with Crippen LogP contribution in [0.4, 0.5) is 5.69 Å². The lowest BCUT2D eigenvalue weighted by molar-refractivity contribution is -0.143. The summed E-state index contributed by atoms with van der Waals surface area (Å²) in [6.07, 6.45) is 2.65. The number of carboxylic acid groups (broad SMARTS) is 1. The lowest BCUT2D eigenvalue weighted by atomic mass is 9.84. The highest BCUT2D eigenvalue weighted by Crippen LogP contribution is 2.47. The van der Waals surface area contributed by atoms with Crippen molar-refractivity contribution >= 4 is 23.5 Å². The number of carbonyl (C=O) groups excluding carboxylic acids is 2. The molecule has 45 heavy (non-hydrogen) atoms. The molecule has 3 aliphatic rings. The van der Waals surface area contributed by atoms with E-state index in [0.717, 1.165) is 29.7 Å². The normalized spacial score (nSPS) is 22.2. The average molecular weight is 623 g/mol. The smallest absolute Gasteiger partial charge is 0.308 e. The molecule has 3 N–H and O–H groups in total. The number of likely N-dealkylation sites (tertiary alicyclic amines) is 2. The summed E-state index contributed by atoms with van der Waals surface area (Å²) in [6, 6.07) is 10.9. The number of benzene rings is 2. The average Bonchev–Trinajstić information content (AvgIpc) is 3.70. The number of carbonyl (C=O) groups is 3. The number of anilines is 1. The first-order valence-corrected chi connectivity index (χ1v) is 15.9. The number of fused-ring (bicyclic) bond motifs is 1. The second-order valence-electron chi connectivity index (χ2n) is 13.1. The molecule has 0 bridgehead atoms. The van der Waals surface area contributed by atoms with E-state index >= 15 is 0 Å². The first-order valence-electron chi connectivity index (χ1n) is 15.9. The summed E-state index contributed by atoms with van der Waals surface area (Å²) < 4.78 is 16.8. The van der Waals surface area contributed by atoms with Gasteiger partial charge in [-0.25, -0.2) is 0 Å². The SMILES string of the molecule is CCCCN(C(=O)CN1C[C@H](c2cc(OC)c3c(c2)OCO3)C(C(=O)O)[C@@H]1CCN1CC(C)(C)CC1=O)c1cccc(CN)c1. The van der Waals surface area contributed by atoms with Crippen molar-refractivity contribution in [3.05, 3.63) is 47.5 Å². The Bertz CT molecular complexity index is 1410. The molecule has 11 heteroatoms. The molecule has 3 aliphatic heterocycles. The van der Waals surface area contributed by atoms with Crippen LogP contribution < -0.4 is 24.8 Å². The van der Waals surface area contributed by atoms with Gasteiger partial charge in [-0.05, 0) is 53.6 Å². The predicted octanol–water partition coefficient (Wildman–Crippen LogP) is 3.83. The number of nitrogens with two attached hydrogens (primary N) is 1. The Balaban J connectivity index is 1.47. The van der Waals surface area contributed by atoms with Crippen molar-refractivity contribution in [3.63, 3.8) is 0 Å². The van der Waals surface area contributed by atoms with Gasteiger partial charge in [-0.2, -0.15) is 0 Å². The molecule has 2 amide bonds. The van der Waals surface area contributed by atoms with E-state index in [1.807, 2.05) is 46.2 Å². The second-order valence-corrected chi connectivity index (χ2v) is 13.1. The van der Waals surface area contributed by atoms with Gasteiger partial charge in [-0.15, -0.1) is 0 Å². The van der Waals surface area contributed by atoms with Gasteiger partial charge < -0.3 is 34.9 Å². The van der Waals surface area contributed by atoms with E-state index in [4.69, 9.17) is 19.9 Å². The molecule has 3 atom stereocenters. The van der Waals surface area contributed by atoms with Crippen molar-refractivity contribution in [3.8, 4) is 17.2 Å². The van der Waals surface area contributed by atoms with Crippen LogP contribution in [-0.2, 0) is 20.9 Å². The van der Waals surface area contributed by atoms with E-state index in [-0.39, 0.29) is 30.6 Å². The third kappa shape index (κ3) is 7.04. The van der Waals surface area contributed by atoms with Crippen LogP contribution in [0, 0.1) is 11.3 Å². The molecule has 0 aromatic heterocycles. The van der Waals surface area contributed by atoms with Crippen LogP contribution in [0.3, 0.4) is 0 Å². The number of hydrogen-bond donors (Lipinski definition) is 2. The molecular weight excluding hydrogens is 576 g/mol. The van der Waals surface area contributed by atoms with Crippen LogP contribution >= 0.6 is 0 Å². The molecule has 0 aliphatic carbocycles. The summed E-state index contributed by atoms with van der Waals surface area (Å²) in [4.78, 5) is 45.6. The molecule has 1 unspecified atom stereocenters. The van der Waals surface area contributed by atoms with E-state index in [1.165, 1.54) is 7.11 Å².